The van der Waals surface area contributed by atoms with Crippen molar-refractivity contribution in [2.75, 3.05) is 5.32 Å². The number of hydrogen-bond acceptors (Lipinski definition) is 5. The Morgan fingerprint density at radius 2 is 1.86 bits per heavy atom. The Labute approximate surface area is 124 Å². The van der Waals surface area contributed by atoms with Crippen LogP contribution >= 0.6 is 11.3 Å². The fourth-order valence-corrected chi connectivity index (χ4v) is 2.70. The molecule has 0 saturated heterocycles. The molecule has 21 heavy (non-hydrogen) atoms. The second-order valence-electron chi connectivity index (χ2n) is 4.53. The normalized spacial score (nSPS) is 15.0. The van der Waals surface area contributed by atoms with Crippen LogP contribution in [0.25, 0.3) is 0 Å². The summed E-state index contributed by atoms with van der Waals surface area (Å²) in [5, 5.41) is 4.75. The number of imide groups is 1. The molecule has 3 amide bonds. The third kappa shape index (κ3) is 2.21. The largest absolute Gasteiger partial charge is 0.300 e. The molecule has 7 heteroatoms. The molecule has 106 valence electrons. The van der Waals surface area contributed by atoms with Gasteiger partial charge in [-0.25, -0.2) is 4.98 Å². The summed E-state index contributed by atoms with van der Waals surface area (Å²) in [6, 6.07) is 5.64. The van der Waals surface area contributed by atoms with Gasteiger partial charge < -0.3 is 5.32 Å². The molecule has 0 bridgehead atoms. The average Bonchev–Trinajstić information content (AvgIpc) is 3.07. The zero-order chi connectivity index (χ0) is 15.0. The van der Waals surface area contributed by atoms with Crippen molar-refractivity contribution in [2.24, 2.45) is 0 Å². The van der Waals surface area contributed by atoms with Crippen LogP contribution in [0.5, 0.6) is 0 Å². The third-order valence-electron chi connectivity index (χ3n) is 3.25. The lowest BCUT2D eigenvalue weighted by Crippen LogP contribution is -2.45. The van der Waals surface area contributed by atoms with Crippen molar-refractivity contribution >= 4 is 34.2 Å². The monoisotopic (exact) mass is 301 g/mol. The summed E-state index contributed by atoms with van der Waals surface area (Å²) in [6.07, 6.45) is 1.56. The highest BCUT2D eigenvalue weighted by atomic mass is 32.1. The lowest BCUT2D eigenvalue weighted by molar-refractivity contribution is -0.119. The number of aromatic nitrogens is 1. The summed E-state index contributed by atoms with van der Waals surface area (Å²) in [6.45, 7) is 1.52. The summed E-state index contributed by atoms with van der Waals surface area (Å²) in [4.78, 5) is 41.6. The minimum Gasteiger partial charge on any atom is -0.300 e. The molecule has 1 aromatic heterocycles. The molecule has 1 aromatic carbocycles. The second kappa shape index (κ2) is 5.10. The van der Waals surface area contributed by atoms with E-state index in [0.29, 0.717) is 16.3 Å². The van der Waals surface area contributed by atoms with Gasteiger partial charge in [0.25, 0.3) is 11.8 Å². The summed E-state index contributed by atoms with van der Waals surface area (Å²) in [5.41, 5.74) is 0.660. The lowest BCUT2D eigenvalue weighted by atomic mass is 10.1. The van der Waals surface area contributed by atoms with Gasteiger partial charge in [-0.05, 0) is 19.1 Å². The van der Waals surface area contributed by atoms with Gasteiger partial charge in [-0.1, -0.05) is 12.1 Å². The van der Waals surface area contributed by atoms with Crippen LogP contribution in [-0.2, 0) is 4.79 Å². The van der Waals surface area contributed by atoms with E-state index in [1.807, 2.05) is 0 Å². The van der Waals surface area contributed by atoms with Crippen LogP contribution in [-0.4, -0.2) is 33.6 Å². The molecule has 0 fully saturated rings. The van der Waals surface area contributed by atoms with E-state index < -0.39 is 23.8 Å². The Hall–Kier alpha value is -2.54. The topological polar surface area (TPSA) is 79.4 Å². The van der Waals surface area contributed by atoms with Crippen LogP contribution in [0, 0.1) is 0 Å². The molecule has 3 rings (SSSR count). The summed E-state index contributed by atoms with van der Waals surface area (Å²) in [5.74, 6) is -1.34. The van der Waals surface area contributed by atoms with Gasteiger partial charge in [0.1, 0.15) is 6.04 Å². The van der Waals surface area contributed by atoms with Crippen LogP contribution in [0.1, 0.15) is 27.6 Å². The van der Waals surface area contributed by atoms with E-state index in [4.69, 9.17) is 0 Å². The van der Waals surface area contributed by atoms with Gasteiger partial charge >= 0.3 is 0 Å². The molecule has 6 nitrogen and oxygen atoms in total. The number of rotatable bonds is 3. The minimum absolute atomic E-state index is 0.330. The molecular weight excluding hydrogens is 290 g/mol. The highest BCUT2D eigenvalue weighted by molar-refractivity contribution is 7.13. The maximum Gasteiger partial charge on any atom is 0.262 e. The zero-order valence-electron chi connectivity index (χ0n) is 11.1. The molecule has 1 N–H and O–H groups in total. The van der Waals surface area contributed by atoms with Crippen molar-refractivity contribution in [3.05, 3.63) is 47.0 Å². The smallest absolute Gasteiger partial charge is 0.262 e. The second-order valence-corrected chi connectivity index (χ2v) is 5.42. The van der Waals surface area contributed by atoms with E-state index in [2.05, 4.69) is 10.3 Å². The lowest BCUT2D eigenvalue weighted by Gasteiger charge is -2.21. The number of anilines is 1. The van der Waals surface area contributed by atoms with E-state index in [-0.39, 0.29) is 0 Å². The maximum absolute atomic E-state index is 12.3. The maximum atomic E-state index is 12.3. The van der Waals surface area contributed by atoms with Crippen molar-refractivity contribution in [1.82, 2.24) is 9.88 Å². The van der Waals surface area contributed by atoms with Gasteiger partial charge in [0.2, 0.25) is 5.91 Å². The molecular formula is C14H11N3O3S. The number of hydrogen-bond donors (Lipinski definition) is 1. The number of nitrogens with one attached hydrogen (secondary N) is 1. The van der Waals surface area contributed by atoms with Gasteiger partial charge in [0.05, 0.1) is 11.1 Å². The molecule has 0 aliphatic carbocycles. The highest BCUT2D eigenvalue weighted by Crippen LogP contribution is 2.25. The Bertz CT molecular complexity index is 692. The van der Waals surface area contributed by atoms with E-state index >= 15 is 0 Å². The summed E-state index contributed by atoms with van der Waals surface area (Å²) >= 11 is 1.27. The molecule has 1 atom stereocenters. The van der Waals surface area contributed by atoms with Crippen LogP contribution in [0.2, 0.25) is 0 Å². The number of benzene rings is 1. The fourth-order valence-electron chi connectivity index (χ4n) is 2.17. The first-order valence-corrected chi connectivity index (χ1v) is 7.15. The van der Waals surface area contributed by atoms with Crippen LogP contribution in [0.15, 0.2) is 35.8 Å². The predicted molar refractivity (Wildman–Crippen MR) is 77.1 cm³/mol. The molecule has 0 radical (unpaired) electrons. The fraction of sp³-hybridized carbons (Fsp3) is 0.143. The standard InChI is InChI=1S/C14H11N3O3S/c1-8(11(18)16-14-15-6-7-21-14)17-12(19)9-4-2-3-5-10(9)13(17)20/h2-8H,1H3,(H,15,16,18). The number of thiazole rings is 1. The minimum atomic E-state index is -0.902. The molecule has 2 heterocycles. The van der Waals surface area contributed by atoms with Crippen molar-refractivity contribution in [3.63, 3.8) is 0 Å². The first kappa shape index (κ1) is 13.4. The third-order valence-corrected chi connectivity index (χ3v) is 3.94. The average molecular weight is 301 g/mol. The van der Waals surface area contributed by atoms with Crippen LogP contribution < -0.4 is 5.32 Å². The van der Waals surface area contributed by atoms with E-state index in [1.165, 1.54) is 18.3 Å². The molecule has 1 unspecified atom stereocenters. The number of fused-ring (bicyclic) bond motifs is 1. The van der Waals surface area contributed by atoms with Crippen molar-refractivity contribution in [3.8, 4) is 0 Å². The predicted octanol–water partition coefficient (Wildman–Crippen LogP) is 1.77. The van der Waals surface area contributed by atoms with E-state index in [1.54, 1.807) is 35.8 Å². The Morgan fingerprint density at radius 3 is 2.38 bits per heavy atom. The van der Waals surface area contributed by atoms with Crippen molar-refractivity contribution in [2.45, 2.75) is 13.0 Å². The molecule has 2 aromatic rings. The number of carbonyl (C=O) groups excluding carboxylic acids is 3. The van der Waals surface area contributed by atoms with Gasteiger partial charge in [0.15, 0.2) is 5.13 Å². The molecule has 0 saturated carbocycles. The van der Waals surface area contributed by atoms with E-state index in [9.17, 15) is 14.4 Å². The first-order chi connectivity index (χ1) is 10.1. The quantitative estimate of drug-likeness (QED) is 0.876. The van der Waals surface area contributed by atoms with Gasteiger partial charge in [-0.2, -0.15) is 0 Å². The SMILES string of the molecule is CC(C(=O)Nc1nccs1)N1C(=O)c2ccccc2C1=O. The zero-order valence-corrected chi connectivity index (χ0v) is 11.9. The highest BCUT2D eigenvalue weighted by Gasteiger charge is 2.40. The Morgan fingerprint density at radius 1 is 1.24 bits per heavy atom. The first-order valence-electron chi connectivity index (χ1n) is 6.27. The number of nitrogens with zero attached hydrogens (tertiary/aromatic N) is 2. The van der Waals surface area contributed by atoms with Gasteiger partial charge in [-0.3, -0.25) is 19.3 Å². The van der Waals surface area contributed by atoms with E-state index in [0.717, 1.165) is 4.90 Å². The van der Waals surface area contributed by atoms with Crippen LogP contribution in [0.3, 0.4) is 0 Å². The molecule has 1 aliphatic rings. The Kier molecular flexibility index (Phi) is 3.26. The van der Waals surface area contributed by atoms with Crippen LogP contribution in [0.4, 0.5) is 5.13 Å². The number of carbonyl (C=O) groups is 3. The summed E-state index contributed by atoms with van der Waals surface area (Å²) in [7, 11) is 0. The van der Waals surface area contributed by atoms with Crippen molar-refractivity contribution in [1.29, 1.82) is 0 Å². The van der Waals surface area contributed by atoms with Gasteiger partial charge in [-0.15, -0.1) is 11.3 Å². The summed E-state index contributed by atoms with van der Waals surface area (Å²) < 4.78 is 0. The molecule has 0 spiro atoms. The number of amides is 3. The Balaban J connectivity index is 1.83. The van der Waals surface area contributed by atoms with Crippen molar-refractivity contribution < 1.29 is 14.4 Å². The molecule has 1 aliphatic heterocycles. The van der Waals surface area contributed by atoms with Gasteiger partial charge in [0, 0.05) is 11.6 Å².